The van der Waals surface area contributed by atoms with Gasteiger partial charge in [0.05, 0.1) is 1.37 Å². The quantitative estimate of drug-likeness (QED) is 0.520. The molecule has 0 spiro atoms. The van der Waals surface area contributed by atoms with Gasteiger partial charge in [-0.05, 0) is 11.6 Å². The van der Waals surface area contributed by atoms with Gasteiger partial charge in [-0.25, -0.2) is 0 Å². The molecule has 0 saturated heterocycles. The molecule has 0 radical (unpaired) electrons. The molecule has 0 aliphatic rings. The van der Waals surface area contributed by atoms with E-state index in [4.69, 9.17) is 1.37 Å². The zero-order chi connectivity index (χ0) is 11.3. The average molecular weight is 185 g/mol. The lowest BCUT2D eigenvalue weighted by atomic mass is 10.0. The predicted molar refractivity (Wildman–Crippen MR) is 59.8 cm³/mol. The number of benzene rings is 1. The molecule has 0 aromatic heterocycles. The normalized spacial score (nSPS) is 12.4. The minimum absolute atomic E-state index is 0.117. The Morgan fingerprint density at radius 3 is 2.43 bits per heavy atom. The van der Waals surface area contributed by atoms with Crippen molar-refractivity contribution in [1.82, 2.24) is 0 Å². The Morgan fingerprint density at radius 1 is 1.29 bits per heavy atom. The van der Waals surface area contributed by atoms with Crippen molar-refractivity contribution in [2.24, 2.45) is 0 Å². The second-order valence-corrected chi connectivity index (χ2v) is 2.66. The van der Waals surface area contributed by atoms with Crippen molar-refractivity contribution in [3.63, 3.8) is 0 Å². The van der Waals surface area contributed by atoms with Gasteiger partial charge in [0.15, 0.2) is 5.78 Å². The number of ketones is 1. The second kappa shape index (κ2) is 4.97. The third-order valence-corrected chi connectivity index (χ3v) is 1.74. The summed E-state index contributed by atoms with van der Waals surface area (Å²) in [5, 5.41) is 0. The minimum Gasteiger partial charge on any atom is -0.289 e. The summed E-state index contributed by atoms with van der Waals surface area (Å²) in [4.78, 5) is 11.6. The van der Waals surface area contributed by atoms with Crippen LogP contribution in [-0.4, -0.2) is 5.78 Å². The third kappa shape index (κ3) is 2.30. The molecule has 1 nitrogen and oxygen atoms in total. The van der Waals surface area contributed by atoms with Crippen LogP contribution >= 0.6 is 0 Å². The van der Waals surface area contributed by atoms with Gasteiger partial charge in [-0.15, -0.1) is 0 Å². The predicted octanol–water partition coefficient (Wildman–Crippen LogP) is 3.01. The van der Waals surface area contributed by atoms with Gasteiger partial charge in [0.25, 0.3) is 0 Å². The van der Waals surface area contributed by atoms with Crippen LogP contribution in [0.4, 0.5) is 0 Å². The fourth-order valence-electron chi connectivity index (χ4n) is 1.11. The molecule has 0 amide bonds. The lowest BCUT2D eigenvalue weighted by Crippen LogP contribution is -1.96. The Hall–Kier alpha value is -1.89. The molecule has 0 N–H and O–H groups in total. The molecule has 1 rings (SSSR count). The summed E-state index contributed by atoms with van der Waals surface area (Å²) >= 11 is 0. The SMILES string of the molecule is [2H]/C(C=C)=C(/C(=O)C=C)c1ccccc1. The first-order chi connectivity index (χ1) is 7.20. The molecular weight excluding hydrogens is 172 g/mol. The Bertz CT molecular complexity index is 415. The van der Waals surface area contributed by atoms with Gasteiger partial charge in [-0.3, -0.25) is 4.79 Å². The van der Waals surface area contributed by atoms with Crippen LogP contribution in [-0.2, 0) is 4.79 Å². The summed E-state index contributed by atoms with van der Waals surface area (Å²) in [6.45, 7) is 6.91. The lowest BCUT2D eigenvalue weighted by molar-refractivity contribution is -0.109. The first kappa shape index (κ1) is 8.70. The van der Waals surface area contributed by atoms with Crippen LogP contribution in [0.25, 0.3) is 5.57 Å². The van der Waals surface area contributed by atoms with E-state index in [2.05, 4.69) is 13.2 Å². The third-order valence-electron chi connectivity index (χ3n) is 1.74. The van der Waals surface area contributed by atoms with Gasteiger partial charge in [-0.2, -0.15) is 0 Å². The van der Waals surface area contributed by atoms with Crippen molar-refractivity contribution < 1.29 is 6.17 Å². The fourth-order valence-corrected chi connectivity index (χ4v) is 1.11. The maximum Gasteiger partial charge on any atom is 0.185 e. The van der Waals surface area contributed by atoms with Gasteiger partial charge in [0.2, 0.25) is 0 Å². The van der Waals surface area contributed by atoms with Crippen molar-refractivity contribution in [3.8, 4) is 0 Å². The van der Waals surface area contributed by atoms with Crippen molar-refractivity contribution >= 4 is 11.4 Å². The molecular formula is C13H12O. The maximum atomic E-state index is 11.6. The molecule has 1 heteroatoms. The van der Waals surface area contributed by atoms with E-state index in [1.54, 1.807) is 12.1 Å². The molecule has 0 unspecified atom stereocenters. The highest BCUT2D eigenvalue weighted by Gasteiger charge is 2.06. The average Bonchev–Trinajstić information content (AvgIpc) is 2.30. The summed E-state index contributed by atoms with van der Waals surface area (Å²) in [6.07, 6.45) is 2.56. The highest BCUT2D eigenvalue weighted by Crippen LogP contribution is 2.15. The Balaban J connectivity index is 3.32. The number of hydrogen-bond acceptors (Lipinski definition) is 1. The number of allylic oxidation sites excluding steroid dienone is 4. The van der Waals surface area contributed by atoms with Crippen molar-refractivity contribution in [2.45, 2.75) is 0 Å². The van der Waals surface area contributed by atoms with Gasteiger partial charge < -0.3 is 0 Å². The largest absolute Gasteiger partial charge is 0.289 e. The van der Waals surface area contributed by atoms with E-state index in [-0.39, 0.29) is 11.8 Å². The summed E-state index contributed by atoms with van der Waals surface area (Å²) in [5.41, 5.74) is 1.05. The van der Waals surface area contributed by atoms with E-state index in [0.717, 1.165) is 0 Å². The van der Waals surface area contributed by atoms with E-state index < -0.39 is 0 Å². The van der Waals surface area contributed by atoms with Crippen LogP contribution in [0, 0.1) is 0 Å². The Labute approximate surface area is 85.5 Å². The number of carbonyl (C=O) groups excluding carboxylic acids is 1. The van der Waals surface area contributed by atoms with E-state index >= 15 is 0 Å². The molecule has 0 aliphatic heterocycles. The van der Waals surface area contributed by atoms with Gasteiger partial charge in [0, 0.05) is 5.57 Å². The highest BCUT2D eigenvalue weighted by molar-refractivity contribution is 6.26. The fraction of sp³-hybridized carbons (Fsp3) is 0. The molecule has 0 heterocycles. The van der Waals surface area contributed by atoms with Crippen LogP contribution in [0.3, 0.4) is 0 Å². The van der Waals surface area contributed by atoms with Crippen molar-refractivity contribution in [3.05, 3.63) is 67.3 Å². The summed E-state index contributed by atoms with van der Waals surface area (Å²) in [5.74, 6) is -0.258. The first-order valence-corrected chi connectivity index (χ1v) is 4.26. The van der Waals surface area contributed by atoms with Crippen LogP contribution in [0.15, 0.2) is 61.7 Å². The topological polar surface area (TPSA) is 17.1 Å². The van der Waals surface area contributed by atoms with Crippen molar-refractivity contribution in [2.75, 3.05) is 0 Å². The molecule has 1 aromatic rings. The van der Waals surface area contributed by atoms with Gasteiger partial charge >= 0.3 is 0 Å². The second-order valence-electron chi connectivity index (χ2n) is 2.66. The summed E-state index contributed by atoms with van der Waals surface area (Å²) < 4.78 is 7.64. The van der Waals surface area contributed by atoms with E-state index in [0.29, 0.717) is 11.1 Å². The smallest absolute Gasteiger partial charge is 0.185 e. The zero-order valence-corrected chi connectivity index (χ0v) is 7.86. The van der Waals surface area contributed by atoms with Gasteiger partial charge in [-0.1, -0.05) is 55.6 Å². The zero-order valence-electron chi connectivity index (χ0n) is 8.86. The van der Waals surface area contributed by atoms with Crippen LogP contribution in [0.1, 0.15) is 6.93 Å². The molecule has 0 bridgehead atoms. The summed E-state index contributed by atoms with van der Waals surface area (Å²) in [7, 11) is 0. The van der Waals surface area contributed by atoms with Gasteiger partial charge in [0.1, 0.15) is 0 Å². The lowest BCUT2D eigenvalue weighted by Gasteiger charge is -2.01. The Morgan fingerprint density at radius 2 is 1.93 bits per heavy atom. The standard InChI is InChI=1S/C13H12O/c1-3-8-12(13(14)4-2)11-9-6-5-7-10-11/h3-10H,1-2H2/b12-8-/i8D. The van der Waals surface area contributed by atoms with E-state index in [1.165, 1.54) is 12.2 Å². The molecule has 0 saturated carbocycles. The number of hydrogen-bond donors (Lipinski definition) is 0. The minimum atomic E-state index is -0.258. The first-order valence-electron chi connectivity index (χ1n) is 4.76. The number of carbonyl (C=O) groups is 1. The van der Waals surface area contributed by atoms with Crippen LogP contribution < -0.4 is 0 Å². The van der Waals surface area contributed by atoms with Crippen molar-refractivity contribution in [1.29, 1.82) is 0 Å². The summed E-state index contributed by atoms with van der Waals surface area (Å²) in [6, 6.07) is 9.19. The molecule has 0 atom stereocenters. The Kier molecular flexibility index (Phi) is 3.09. The van der Waals surface area contributed by atoms with E-state index in [1.807, 2.05) is 18.2 Å². The molecule has 1 aromatic carbocycles. The maximum absolute atomic E-state index is 11.6. The van der Waals surface area contributed by atoms with Crippen LogP contribution in [0.5, 0.6) is 0 Å². The molecule has 0 aliphatic carbocycles. The number of rotatable bonds is 4. The molecule has 0 fully saturated rings. The van der Waals surface area contributed by atoms with Crippen LogP contribution in [0.2, 0.25) is 0 Å². The van der Waals surface area contributed by atoms with E-state index in [9.17, 15) is 4.79 Å². The highest BCUT2D eigenvalue weighted by atomic mass is 16.1. The molecule has 14 heavy (non-hydrogen) atoms. The molecule has 70 valence electrons. The monoisotopic (exact) mass is 185 g/mol.